The molecule has 1 saturated carbocycles. The number of thiophene rings is 1. The summed E-state index contributed by atoms with van der Waals surface area (Å²) in [6, 6.07) is 2.61. The van der Waals surface area contributed by atoms with Crippen molar-refractivity contribution in [3.63, 3.8) is 0 Å². The maximum Gasteiger partial charge on any atom is 0.345 e. The lowest BCUT2D eigenvalue weighted by atomic mass is 9.78. The molecule has 1 fully saturated rings. The molecule has 1 aromatic rings. The first kappa shape index (κ1) is 15.5. The summed E-state index contributed by atoms with van der Waals surface area (Å²) in [7, 11) is -3.62. The minimum atomic E-state index is -3.62. The Balaban J connectivity index is 2.16. The molecule has 5 nitrogen and oxygen atoms in total. The topological polar surface area (TPSA) is 83.5 Å². The number of nitrogens with one attached hydrogen (secondary N) is 1. The highest BCUT2D eigenvalue weighted by Crippen LogP contribution is 2.31. The maximum absolute atomic E-state index is 12.3. The number of hydrogen-bond acceptors (Lipinski definition) is 4. The highest BCUT2D eigenvalue weighted by molar-refractivity contribution is 7.91. The zero-order valence-corrected chi connectivity index (χ0v) is 13.1. The molecule has 1 aliphatic carbocycles. The molecule has 1 aromatic heterocycles. The van der Waals surface area contributed by atoms with E-state index in [9.17, 15) is 13.2 Å². The van der Waals surface area contributed by atoms with Crippen LogP contribution in [0.2, 0.25) is 0 Å². The van der Waals surface area contributed by atoms with Gasteiger partial charge in [-0.1, -0.05) is 26.7 Å². The van der Waals surface area contributed by atoms with Crippen LogP contribution in [-0.2, 0) is 10.0 Å². The highest BCUT2D eigenvalue weighted by atomic mass is 32.2. The molecule has 112 valence electrons. The van der Waals surface area contributed by atoms with Crippen LogP contribution in [0.15, 0.2) is 16.3 Å². The maximum atomic E-state index is 12.3. The van der Waals surface area contributed by atoms with Crippen molar-refractivity contribution in [2.24, 2.45) is 11.8 Å². The number of hydrogen-bond donors (Lipinski definition) is 2. The largest absolute Gasteiger partial charge is 0.477 e. The molecule has 0 spiro atoms. The van der Waals surface area contributed by atoms with Crippen LogP contribution in [-0.4, -0.2) is 25.5 Å². The van der Waals surface area contributed by atoms with E-state index < -0.39 is 16.0 Å². The Morgan fingerprint density at radius 1 is 1.35 bits per heavy atom. The van der Waals surface area contributed by atoms with Crippen molar-refractivity contribution < 1.29 is 18.3 Å². The Morgan fingerprint density at radius 3 is 2.65 bits per heavy atom. The number of rotatable bonds is 4. The van der Waals surface area contributed by atoms with Gasteiger partial charge in [0.2, 0.25) is 10.0 Å². The normalized spacial score (nSPS) is 27.4. The lowest BCUT2D eigenvalue weighted by Gasteiger charge is -2.34. The Labute approximate surface area is 123 Å². The summed E-state index contributed by atoms with van der Waals surface area (Å²) in [5, 5.41) is 8.86. The summed E-state index contributed by atoms with van der Waals surface area (Å²) in [6.07, 6.45) is 2.98. The van der Waals surface area contributed by atoms with E-state index in [1.807, 2.05) is 0 Å². The molecule has 2 rings (SSSR count). The Bertz CT molecular complexity index is 593. The summed E-state index contributed by atoms with van der Waals surface area (Å²) in [5.41, 5.74) is 0. The third-order valence-electron chi connectivity index (χ3n) is 4.07. The molecule has 0 amide bonds. The summed E-state index contributed by atoms with van der Waals surface area (Å²) in [6.45, 7) is 4.20. The van der Waals surface area contributed by atoms with Crippen molar-refractivity contribution in [3.05, 3.63) is 17.0 Å². The Kier molecular flexibility index (Phi) is 4.51. The van der Waals surface area contributed by atoms with Gasteiger partial charge < -0.3 is 5.11 Å². The van der Waals surface area contributed by atoms with Gasteiger partial charge in [-0.25, -0.2) is 17.9 Å². The molecular weight excluding hydrogens is 298 g/mol. The van der Waals surface area contributed by atoms with Crippen molar-refractivity contribution in [3.8, 4) is 0 Å². The summed E-state index contributed by atoms with van der Waals surface area (Å²) in [5.74, 6) is -0.317. The van der Waals surface area contributed by atoms with Crippen molar-refractivity contribution >= 4 is 27.3 Å². The van der Waals surface area contributed by atoms with Crippen LogP contribution in [0.25, 0.3) is 0 Å². The average Bonchev–Trinajstić information content (AvgIpc) is 2.85. The predicted octanol–water partition coefficient (Wildman–Crippen LogP) is 2.55. The molecule has 0 aliphatic heterocycles. The number of sulfonamides is 1. The number of carboxylic acid groups (broad SMARTS) is 1. The third kappa shape index (κ3) is 3.21. The fourth-order valence-electron chi connectivity index (χ4n) is 2.59. The fraction of sp³-hybridized carbons (Fsp3) is 0.615. The van der Waals surface area contributed by atoms with Gasteiger partial charge in [0.1, 0.15) is 9.09 Å². The molecule has 3 atom stereocenters. The van der Waals surface area contributed by atoms with Crippen molar-refractivity contribution in [2.45, 2.75) is 43.4 Å². The molecule has 20 heavy (non-hydrogen) atoms. The first-order valence-corrected chi connectivity index (χ1v) is 8.96. The van der Waals surface area contributed by atoms with Crippen LogP contribution in [0.4, 0.5) is 0 Å². The molecule has 7 heteroatoms. The monoisotopic (exact) mass is 317 g/mol. The van der Waals surface area contributed by atoms with Gasteiger partial charge in [-0.05, 0) is 30.4 Å². The molecular formula is C13H19NO4S2. The van der Waals surface area contributed by atoms with Crippen LogP contribution in [0.1, 0.15) is 42.8 Å². The van der Waals surface area contributed by atoms with Gasteiger partial charge in [0.15, 0.2) is 0 Å². The minimum absolute atomic E-state index is 0.0374. The van der Waals surface area contributed by atoms with E-state index >= 15 is 0 Å². The van der Waals surface area contributed by atoms with E-state index in [0.29, 0.717) is 5.92 Å². The second kappa shape index (κ2) is 5.83. The SMILES string of the molecule is CC1CCCC(NS(=O)(=O)c2ccc(C(=O)O)s2)C1C. The fourth-order valence-corrected chi connectivity index (χ4v) is 5.11. The zero-order valence-electron chi connectivity index (χ0n) is 11.5. The van der Waals surface area contributed by atoms with Gasteiger partial charge in [0.25, 0.3) is 0 Å². The summed E-state index contributed by atoms with van der Waals surface area (Å²) in [4.78, 5) is 10.9. The summed E-state index contributed by atoms with van der Waals surface area (Å²) < 4.78 is 27.4. The predicted molar refractivity (Wildman–Crippen MR) is 77.6 cm³/mol. The molecule has 0 radical (unpaired) electrons. The van der Waals surface area contributed by atoms with Crippen molar-refractivity contribution in [2.75, 3.05) is 0 Å². The molecule has 3 unspecified atom stereocenters. The van der Waals surface area contributed by atoms with E-state index in [0.717, 1.165) is 30.6 Å². The van der Waals surface area contributed by atoms with Gasteiger partial charge in [0, 0.05) is 6.04 Å². The number of carboxylic acids is 1. The zero-order chi connectivity index (χ0) is 14.9. The van der Waals surface area contributed by atoms with Crippen LogP contribution in [0, 0.1) is 11.8 Å². The van der Waals surface area contributed by atoms with Gasteiger partial charge >= 0.3 is 5.97 Å². The lowest BCUT2D eigenvalue weighted by molar-refractivity contribution is 0.0702. The van der Waals surface area contributed by atoms with E-state index in [4.69, 9.17) is 5.11 Å². The molecule has 2 N–H and O–H groups in total. The average molecular weight is 317 g/mol. The molecule has 0 saturated heterocycles. The van der Waals surface area contributed by atoms with E-state index in [1.54, 1.807) is 0 Å². The van der Waals surface area contributed by atoms with Crippen molar-refractivity contribution in [1.29, 1.82) is 0 Å². The molecule has 1 heterocycles. The van der Waals surface area contributed by atoms with Gasteiger partial charge in [-0.2, -0.15) is 0 Å². The Morgan fingerprint density at radius 2 is 2.05 bits per heavy atom. The first-order chi connectivity index (χ1) is 9.31. The van der Waals surface area contributed by atoms with Gasteiger partial charge in [-0.3, -0.25) is 0 Å². The Hall–Kier alpha value is -0.920. The first-order valence-electron chi connectivity index (χ1n) is 6.66. The highest BCUT2D eigenvalue weighted by Gasteiger charge is 2.31. The second-order valence-electron chi connectivity index (χ2n) is 5.42. The van der Waals surface area contributed by atoms with Gasteiger partial charge in [-0.15, -0.1) is 11.3 Å². The smallest absolute Gasteiger partial charge is 0.345 e. The van der Waals surface area contributed by atoms with E-state index in [1.165, 1.54) is 12.1 Å². The number of aromatic carboxylic acids is 1. The third-order valence-corrected chi connectivity index (χ3v) is 7.13. The van der Waals surface area contributed by atoms with Crippen LogP contribution < -0.4 is 4.72 Å². The molecule has 1 aliphatic rings. The second-order valence-corrected chi connectivity index (χ2v) is 8.44. The van der Waals surface area contributed by atoms with Crippen LogP contribution >= 0.6 is 11.3 Å². The van der Waals surface area contributed by atoms with E-state index in [-0.39, 0.29) is 21.0 Å². The standard InChI is InChI=1S/C13H19NO4S2/c1-8-4-3-5-10(9(8)2)14-20(17,18)12-7-6-11(19-12)13(15)16/h6-10,14H,3-5H2,1-2H3,(H,15,16). The molecule has 0 aromatic carbocycles. The minimum Gasteiger partial charge on any atom is -0.477 e. The van der Waals surface area contributed by atoms with Crippen LogP contribution in [0.3, 0.4) is 0 Å². The lowest BCUT2D eigenvalue weighted by Crippen LogP contribution is -2.43. The van der Waals surface area contributed by atoms with Crippen LogP contribution in [0.5, 0.6) is 0 Å². The number of carbonyl (C=O) groups is 1. The van der Waals surface area contributed by atoms with Crippen molar-refractivity contribution in [1.82, 2.24) is 4.72 Å². The van der Waals surface area contributed by atoms with E-state index in [2.05, 4.69) is 18.6 Å². The quantitative estimate of drug-likeness (QED) is 0.894. The molecule has 0 bridgehead atoms. The van der Waals surface area contributed by atoms with Gasteiger partial charge in [0.05, 0.1) is 0 Å². The summed E-state index contributed by atoms with van der Waals surface area (Å²) >= 11 is 0.789.